The molecule has 0 aliphatic carbocycles. The number of amides is 3. The van der Waals surface area contributed by atoms with Crippen LogP contribution in [-0.2, 0) is 4.79 Å². The van der Waals surface area contributed by atoms with E-state index in [2.05, 4.69) is 20.5 Å². The number of thiazole rings is 1. The molecule has 1 atom stereocenters. The molecular formula is C19H24FN5O2S. The van der Waals surface area contributed by atoms with Crippen molar-refractivity contribution < 1.29 is 14.0 Å². The van der Waals surface area contributed by atoms with Crippen molar-refractivity contribution >= 4 is 34.1 Å². The number of urea groups is 1. The van der Waals surface area contributed by atoms with Gasteiger partial charge in [-0.1, -0.05) is 0 Å². The van der Waals surface area contributed by atoms with Crippen molar-refractivity contribution in [1.82, 2.24) is 15.2 Å². The summed E-state index contributed by atoms with van der Waals surface area (Å²) in [6.45, 7) is 7.84. The van der Waals surface area contributed by atoms with Gasteiger partial charge in [0.1, 0.15) is 11.9 Å². The number of halogens is 1. The first kappa shape index (κ1) is 20.1. The highest BCUT2D eigenvalue weighted by molar-refractivity contribution is 7.15. The maximum Gasteiger partial charge on any atom is 0.318 e. The third-order valence-electron chi connectivity index (χ3n) is 4.75. The summed E-state index contributed by atoms with van der Waals surface area (Å²) >= 11 is 1.41. The molecule has 0 bridgehead atoms. The molecule has 3 rings (SSSR count). The molecule has 0 unspecified atom stereocenters. The van der Waals surface area contributed by atoms with E-state index in [-0.39, 0.29) is 17.8 Å². The van der Waals surface area contributed by atoms with E-state index in [1.165, 1.54) is 23.5 Å². The van der Waals surface area contributed by atoms with Gasteiger partial charge in [-0.2, -0.15) is 0 Å². The van der Waals surface area contributed by atoms with E-state index in [1.807, 2.05) is 13.8 Å². The third kappa shape index (κ3) is 4.78. The molecule has 1 aliphatic heterocycles. The lowest BCUT2D eigenvalue weighted by Crippen LogP contribution is -2.54. The number of hydrogen-bond acceptors (Lipinski definition) is 5. The van der Waals surface area contributed by atoms with Gasteiger partial charge in [0.15, 0.2) is 5.13 Å². The number of carbonyl (C=O) groups excluding carboxylic acids is 2. The van der Waals surface area contributed by atoms with Gasteiger partial charge in [0.05, 0.1) is 5.69 Å². The molecule has 9 heteroatoms. The lowest BCUT2D eigenvalue weighted by molar-refractivity contribution is -0.117. The zero-order chi connectivity index (χ0) is 20.3. The van der Waals surface area contributed by atoms with E-state index in [9.17, 15) is 14.0 Å². The Morgan fingerprint density at radius 1 is 1.14 bits per heavy atom. The average Bonchev–Trinajstić information content (AvgIpc) is 2.99. The Hall–Kier alpha value is -2.68. The van der Waals surface area contributed by atoms with Crippen LogP contribution in [0.1, 0.15) is 17.5 Å². The van der Waals surface area contributed by atoms with Crippen LogP contribution in [0.15, 0.2) is 24.3 Å². The fraction of sp³-hybridized carbons (Fsp3) is 0.421. The van der Waals surface area contributed by atoms with Gasteiger partial charge in [-0.15, -0.1) is 11.3 Å². The molecule has 0 radical (unpaired) electrons. The van der Waals surface area contributed by atoms with E-state index in [1.54, 1.807) is 24.0 Å². The van der Waals surface area contributed by atoms with Crippen molar-refractivity contribution in [3.05, 3.63) is 40.7 Å². The van der Waals surface area contributed by atoms with Crippen LogP contribution in [-0.4, -0.2) is 54.0 Å². The predicted octanol–water partition coefficient (Wildman–Crippen LogP) is 2.76. The number of rotatable bonds is 4. The van der Waals surface area contributed by atoms with E-state index in [4.69, 9.17) is 0 Å². The Labute approximate surface area is 167 Å². The van der Waals surface area contributed by atoms with E-state index in [0.29, 0.717) is 31.3 Å². The summed E-state index contributed by atoms with van der Waals surface area (Å²) in [7, 11) is 0. The number of hydrogen-bond donors (Lipinski definition) is 2. The molecule has 0 saturated carbocycles. The molecule has 1 aromatic heterocycles. The monoisotopic (exact) mass is 405 g/mol. The van der Waals surface area contributed by atoms with Gasteiger partial charge in [0.2, 0.25) is 5.91 Å². The molecule has 3 amide bonds. The Morgan fingerprint density at radius 2 is 1.79 bits per heavy atom. The van der Waals surface area contributed by atoms with Crippen molar-refractivity contribution in [2.75, 3.05) is 36.4 Å². The summed E-state index contributed by atoms with van der Waals surface area (Å²) in [6, 6.07) is 5.39. The maximum atomic E-state index is 13.1. The quantitative estimate of drug-likeness (QED) is 0.820. The standard InChI is InChI=1S/C19H24FN5O2S/c1-12-14(3)28-18(21-12)23-17(26)13(2)22-19(27)25-10-8-24(9-11-25)16-6-4-15(20)5-7-16/h4-7,13H,8-11H2,1-3H3,(H,22,27)(H,21,23,26)/t13-/m1/s1. The Balaban J connectivity index is 1.48. The summed E-state index contributed by atoms with van der Waals surface area (Å²) in [6.07, 6.45) is 0. The summed E-state index contributed by atoms with van der Waals surface area (Å²) in [5.41, 5.74) is 1.82. The van der Waals surface area contributed by atoms with Crippen molar-refractivity contribution in [2.45, 2.75) is 26.8 Å². The van der Waals surface area contributed by atoms with Gasteiger partial charge in [-0.3, -0.25) is 4.79 Å². The number of aromatic nitrogens is 1. The third-order valence-corrected chi connectivity index (χ3v) is 5.74. The van der Waals surface area contributed by atoms with E-state index >= 15 is 0 Å². The zero-order valence-electron chi connectivity index (χ0n) is 16.2. The van der Waals surface area contributed by atoms with Crippen molar-refractivity contribution in [3.63, 3.8) is 0 Å². The second-order valence-electron chi connectivity index (χ2n) is 6.77. The maximum absolute atomic E-state index is 13.1. The minimum Gasteiger partial charge on any atom is -0.368 e. The highest BCUT2D eigenvalue weighted by atomic mass is 32.1. The number of aryl methyl sites for hydroxylation is 2. The molecule has 2 N–H and O–H groups in total. The van der Waals surface area contributed by atoms with Gasteiger partial charge in [0, 0.05) is 36.7 Å². The average molecular weight is 405 g/mol. The van der Waals surface area contributed by atoms with Crippen LogP contribution < -0.4 is 15.5 Å². The minimum absolute atomic E-state index is 0.267. The van der Waals surface area contributed by atoms with Crippen LogP contribution in [0.3, 0.4) is 0 Å². The smallest absolute Gasteiger partial charge is 0.318 e. The summed E-state index contributed by atoms with van der Waals surface area (Å²) in [5, 5.41) is 6.01. The van der Waals surface area contributed by atoms with Crippen molar-refractivity contribution in [3.8, 4) is 0 Å². The molecule has 7 nitrogen and oxygen atoms in total. The van der Waals surface area contributed by atoms with E-state index < -0.39 is 6.04 Å². The fourth-order valence-corrected chi connectivity index (χ4v) is 3.72. The molecule has 2 heterocycles. The first-order valence-corrected chi connectivity index (χ1v) is 9.96. The van der Waals surface area contributed by atoms with Gasteiger partial charge in [-0.05, 0) is 45.0 Å². The van der Waals surface area contributed by atoms with Crippen LogP contribution in [0.4, 0.5) is 20.0 Å². The lowest BCUT2D eigenvalue weighted by Gasteiger charge is -2.36. The predicted molar refractivity (Wildman–Crippen MR) is 108 cm³/mol. The normalized spacial score (nSPS) is 15.3. The lowest BCUT2D eigenvalue weighted by atomic mass is 10.2. The molecule has 2 aromatic rings. The van der Waals surface area contributed by atoms with Gasteiger partial charge >= 0.3 is 6.03 Å². The van der Waals surface area contributed by atoms with Crippen LogP contribution in [0.5, 0.6) is 0 Å². The van der Waals surface area contributed by atoms with Crippen LogP contribution in [0.2, 0.25) is 0 Å². The molecule has 1 saturated heterocycles. The largest absolute Gasteiger partial charge is 0.368 e. The fourth-order valence-electron chi connectivity index (χ4n) is 2.90. The van der Waals surface area contributed by atoms with Crippen LogP contribution in [0, 0.1) is 19.7 Å². The molecule has 1 fully saturated rings. The van der Waals surface area contributed by atoms with Crippen LogP contribution in [0.25, 0.3) is 0 Å². The van der Waals surface area contributed by atoms with Gasteiger partial charge in [-0.25, -0.2) is 14.2 Å². The first-order valence-electron chi connectivity index (χ1n) is 9.14. The SMILES string of the molecule is Cc1nc(NC(=O)[C@@H](C)NC(=O)N2CCN(c3ccc(F)cc3)CC2)sc1C. The summed E-state index contributed by atoms with van der Waals surface area (Å²) in [5.74, 6) is -0.566. The summed E-state index contributed by atoms with van der Waals surface area (Å²) < 4.78 is 13.1. The van der Waals surface area contributed by atoms with E-state index in [0.717, 1.165) is 16.3 Å². The van der Waals surface area contributed by atoms with Gasteiger partial charge in [0.25, 0.3) is 0 Å². The molecule has 150 valence electrons. The highest BCUT2D eigenvalue weighted by Gasteiger charge is 2.24. The second kappa shape index (κ2) is 8.55. The topological polar surface area (TPSA) is 77.6 Å². The Bertz CT molecular complexity index is 827. The van der Waals surface area contributed by atoms with Crippen LogP contribution >= 0.6 is 11.3 Å². The molecule has 0 spiro atoms. The first-order chi connectivity index (χ1) is 13.3. The number of nitrogens with one attached hydrogen (secondary N) is 2. The molecule has 1 aromatic carbocycles. The number of carbonyl (C=O) groups is 2. The number of benzene rings is 1. The Kier molecular flexibility index (Phi) is 6.13. The molecule has 1 aliphatic rings. The Morgan fingerprint density at radius 3 is 2.36 bits per heavy atom. The molecular weight excluding hydrogens is 381 g/mol. The second-order valence-corrected chi connectivity index (χ2v) is 7.97. The van der Waals surface area contributed by atoms with Crippen molar-refractivity contribution in [1.29, 1.82) is 0 Å². The zero-order valence-corrected chi connectivity index (χ0v) is 17.0. The number of nitrogens with zero attached hydrogens (tertiary/aromatic N) is 3. The summed E-state index contributed by atoms with van der Waals surface area (Å²) in [4.78, 5) is 33.9. The highest BCUT2D eigenvalue weighted by Crippen LogP contribution is 2.21. The number of anilines is 2. The number of piperazine rings is 1. The molecule has 28 heavy (non-hydrogen) atoms. The van der Waals surface area contributed by atoms with Crippen molar-refractivity contribution in [2.24, 2.45) is 0 Å². The van der Waals surface area contributed by atoms with Gasteiger partial charge < -0.3 is 20.4 Å². The minimum atomic E-state index is -0.674.